The highest BCUT2D eigenvalue weighted by atomic mass is 19.4. The molecule has 1 saturated heterocycles. The van der Waals surface area contributed by atoms with Crippen LogP contribution in [0.1, 0.15) is 29.0 Å². The maximum atomic E-state index is 12.7. The number of nitrogens with zero attached hydrogens (tertiary/aromatic N) is 1. The number of carbonyl (C=O) groups is 1. The fraction of sp³-hybridized carbons (Fsp3) is 0.583. The number of alkyl halides is 3. The third kappa shape index (κ3) is 3.51. The first kappa shape index (κ1) is 14.9. The van der Waals surface area contributed by atoms with Crippen LogP contribution in [0.2, 0.25) is 0 Å². The number of hydrogen-bond acceptors (Lipinski definition) is 4. The van der Waals surface area contributed by atoms with Gasteiger partial charge in [-0.05, 0) is 25.5 Å². The van der Waals surface area contributed by atoms with Gasteiger partial charge in [0.25, 0.3) is 5.91 Å². The smallest absolute Gasteiger partial charge is 0.393 e. The lowest BCUT2D eigenvalue weighted by atomic mass is 9.97. The number of rotatable bonds is 3. The molecule has 1 fully saturated rings. The maximum absolute atomic E-state index is 12.7. The zero-order valence-corrected chi connectivity index (χ0v) is 10.7. The second kappa shape index (κ2) is 5.84. The van der Waals surface area contributed by atoms with Crippen LogP contribution in [0, 0.1) is 5.92 Å². The molecule has 1 unspecified atom stereocenters. The molecule has 5 nitrogen and oxygen atoms in total. The Morgan fingerprint density at radius 2 is 2.30 bits per heavy atom. The summed E-state index contributed by atoms with van der Waals surface area (Å²) < 4.78 is 43.2. The molecule has 1 aliphatic heterocycles. The Labute approximate surface area is 113 Å². The number of hydrazine groups is 1. The highest BCUT2D eigenvalue weighted by molar-refractivity contribution is 5.93. The van der Waals surface area contributed by atoms with Gasteiger partial charge in [0.15, 0.2) is 0 Å². The van der Waals surface area contributed by atoms with Crippen molar-refractivity contribution in [2.24, 2.45) is 11.8 Å². The van der Waals surface area contributed by atoms with E-state index >= 15 is 0 Å². The molecule has 20 heavy (non-hydrogen) atoms. The van der Waals surface area contributed by atoms with Crippen molar-refractivity contribution in [2.45, 2.75) is 25.6 Å². The van der Waals surface area contributed by atoms with Gasteiger partial charge in [0, 0.05) is 6.54 Å². The fourth-order valence-corrected chi connectivity index (χ4v) is 2.35. The van der Waals surface area contributed by atoms with E-state index in [1.807, 2.05) is 5.43 Å². The molecule has 112 valence electrons. The molecule has 0 spiro atoms. The lowest BCUT2D eigenvalue weighted by molar-refractivity contribution is -0.187. The van der Waals surface area contributed by atoms with E-state index in [0.717, 1.165) is 0 Å². The second-order valence-corrected chi connectivity index (χ2v) is 4.89. The summed E-state index contributed by atoms with van der Waals surface area (Å²) in [7, 11) is 0. The third-order valence-corrected chi connectivity index (χ3v) is 3.39. The van der Waals surface area contributed by atoms with Gasteiger partial charge in [0.2, 0.25) is 0 Å². The van der Waals surface area contributed by atoms with Crippen LogP contribution in [0.3, 0.4) is 0 Å². The van der Waals surface area contributed by atoms with E-state index in [1.165, 1.54) is 12.3 Å². The summed E-state index contributed by atoms with van der Waals surface area (Å²) in [6.07, 6.45) is -2.25. The lowest BCUT2D eigenvalue weighted by Gasteiger charge is -2.33. The number of hydrogen-bond donors (Lipinski definition) is 2. The third-order valence-electron chi connectivity index (χ3n) is 3.39. The minimum absolute atomic E-state index is 0.0391. The Kier molecular flexibility index (Phi) is 4.34. The molecule has 1 aromatic heterocycles. The van der Waals surface area contributed by atoms with Crippen LogP contribution in [0.15, 0.2) is 16.7 Å². The van der Waals surface area contributed by atoms with Crippen molar-refractivity contribution >= 4 is 5.91 Å². The molecule has 3 N–H and O–H groups in total. The number of nitrogens with two attached hydrogens (primary N) is 1. The van der Waals surface area contributed by atoms with Gasteiger partial charge in [0.1, 0.15) is 12.0 Å². The molecule has 0 aromatic carbocycles. The Morgan fingerprint density at radius 1 is 1.55 bits per heavy atom. The number of nitrogen functional groups attached to an aromatic ring is 1. The number of furan rings is 1. The van der Waals surface area contributed by atoms with E-state index in [9.17, 15) is 18.0 Å². The molecule has 0 radical (unpaired) electrons. The molecule has 1 aliphatic rings. The lowest BCUT2D eigenvalue weighted by Crippen LogP contribution is -2.41. The summed E-state index contributed by atoms with van der Waals surface area (Å²) in [5.41, 5.74) is 2.22. The van der Waals surface area contributed by atoms with Crippen LogP contribution in [0.25, 0.3) is 0 Å². The summed E-state index contributed by atoms with van der Waals surface area (Å²) >= 11 is 0. The van der Waals surface area contributed by atoms with E-state index < -0.39 is 18.0 Å². The van der Waals surface area contributed by atoms with Gasteiger partial charge < -0.3 is 4.42 Å². The largest absolute Gasteiger partial charge is 0.467 e. The van der Waals surface area contributed by atoms with Gasteiger partial charge in [0.05, 0.1) is 18.0 Å². The Bertz CT molecular complexity index is 473. The number of carbonyl (C=O) groups excluding carboxylic acids is 1. The summed E-state index contributed by atoms with van der Waals surface area (Å²) in [4.78, 5) is 12.9. The van der Waals surface area contributed by atoms with E-state index in [-0.39, 0.29) is 25.1 Å². The topological polar surface area (TPSA) is 71.5 Å². The van der Waals surface area contributed by atoms with Gasteiger partial charge in [-0.25, -0.2) is 5.84 Å². The predicted octanol–water partition coefficient (Wildman–Crippen LogP) is 1.66. The molecular formula is C12H16F3N3O2. The zero-order chi connectivity index (χ0) is 14.8. The van der Waals surface area contributed by atoms with Crippen molar-refractivity contribution in [3.05, 3.63) is 23.7 Å². The summed E-state index contributed by atoms with van der Waals surface area (Å²) in [6, 6.07) is 1.49. The average molecular weight is 291 g/mol. The van der Waals surface area contributed by atoms with E-state index in [4.69, 9.17) is 10.3 Å². The van der Waals surface area contributed by atoms with Crippen LogP contribution in [0.4, 0.5) is 13.2 Å². The first-order chi connectivity index (χ1) is 9.40. The Hall–Kier alpha value is -1.54. The summed E-state index contributed by atoms with van der Waals surface area (Å²) in [6.45, 7) is 0.804. The van der Waals surface area contributed by atoms with Crippen molar-refractivity contribution in [2.75, 3.05) is 13.1 Å². The second-order valence-electron chi connectivity index (χ2n) is 4.89. The standard InChI is InChI=1S/C12H16F3N3O2/c13-12(14,15)9-2-1-3-18(5-9)6-10-4-8(7-20-10)11(19)17-16/h4,7,9H,1-3,5-6,16H2,(H,17,19). The Morgan fingerprint density at radius 3 is 2.95 bits per heavy atom. The van der Waals surface area contributed by atoms with Crippen molar-refractivity contribution in [1.29, 1.82) is 0 Å². The highest BCUT2D eigenvalue weighted by Gasteiger charge is 2.41. The molecule has 0 saturated carbocycles. The van der Waals surface area contributed by atoms with E-state index in [1.54, 1.807) is 4.90 Å². The number of nitrogens with one attached hydrogen (secondary N) is 1. The van der Waals surface area contributed by atoms with Gasteiger partial charge in [-0.1, -0.05) is 0 Å². The van der Waals surface area contributed by atoms with E-state index in [2.05, 4.69) is 0 Å². The molecule has 1 amide bonds. The molecule has 0 aliphatic carbocycles. The SMILES string of the molecule is NNC(=O)c1coc(CN2CCCC(C(F)(F)F)C2)c1. The minimum atomic E-state index is -4.16. The molecular weight excluding hydrogens is 275 g/mol. The van der Waals surface area contributed by atoms with Crippen LogP contribution in [-0.4, -0.2) is 30.1 Å². The predicted molar refractivity (Wildman–Crippen MR) is 64.4 cm³/mol. The monoisotopic (exact) mass is 291 g/mol. The van der Waals surface area contributed by atoms with E-state index in [0.29, 0.717) is 18.7 Å². The molecule has 1 aromatic rings. The fourth-order valence-electron chi connectivity index (χ4n) is 2.35. The van der Waals surface area contributed by atoms with Crippen molar-refractivity contribution in [3.8, 4) is 0 Å². The highest BCUT2D eigenvalue weighted by Crippen LogP contribution is 2.33. The normalized spacial score (nSPS) is 20.9. The Balaban J connectivity index is 1.96. The van der Waals surface area contributed by atoms with Gasteiger partial charge in [-0.3, -0.25) is 15.1 Å². The molecule has 2 rings (SSSR count). The maximum Gasteiger partial charge on any atom is 0.393 e. The summed E-state index contributed by atoms with van der Waals surface area (Å²) in [5.74, 6) is 3.65. The van der Waals surface area contributed by atoms with Crippen LogP contribution >= 0.6 is 0 Å². The van der Waals surface area contributed by atoms with Gasteiger partial charge >= 0.3 is 6.18 Å². The molecule has 8 heteroatoms. The van der Waals surface area contributed by atoms with Crippen LogP contribution in [-0.2, 0) is 6.54 Å². The first-order valence-corrected chi connectivity index (χ1v) is 6.27. The molecule has 1 atom stereocenters. The van der Waals surface area contributed by atoms with Crippen molar-refractivity contribution in [1.82, 2.24) is 10.3 Å². The summed E-state index contributed by atoms with van der Waals surface area (Å²) in [5, 5.41) is 0. The van der Waals surface area contributed by atoms with Gasteiger partial charge in [-0.15, -0.1) is 0 Å². The average Bonchev–Trinajstić information content (AvgIpc) is 2.85. The minimum Gasteiger partial charge on any atom is -0.467 e. The molecule has 2 heterocycles. The zero-order valence-electron chi connectivity index (χ0n) is 10.7. The number of amides is 1. The number of piperidine rings is 1. The first-order valence-electron chi connectivity index (χ1n) is 6.27. The van der Waals surface area contributed by atoms with Crippen LogP contribution in [0.5, 0.6) is 0 Å². The van der Waals surface area contributed by atoms with Crippen LogP contribution < -0.4 is 11.3 Å². The quantitative estimate of drug-likeness (QED) is 0.505. The van der Waals surface area contributed by atoms with Crippen molar-refractivity contribution < 1.29 is 22.4 Å². The van der Waals surface area contributed by atoms with Crippen molar-refractivity contribution in [3.63, 3.8) is 0 Å². The number of halogens is 3. The molecule has 0 bridgehead atoms. The number of likely N-dealkylation sites (tertiary alicyclic amines) is 1. The van der Waals surface area contributed by atoms with Gasteiger partial charge in [-0.2, -0.15) is 13.2 Å².